The monoisotopic (exact) mass is 369 g/mol. The zero-order chi connectivity index (χ0) is 19.6. The number of esters is 1. The second-order valence-corrected chi connectivity index (χ2v) is 5.98. The predicted molar refractivity (Wildman–Crippen MR) is 97.6 cm³/mol. The first-order chi connectivity index (χ1) is 12.9. The molecule has 1 atom stereocenters. The van der Waals surface area contributed by atoms with E-state index in [1.807, 2.05) is 30.3 Å². The fraction of sp³-hybridized carbons (Fsp3) is 0.150. The van der Waals surface area contributed by atoms with Crippen LogP contribution < -0.4 is 9.47 Å². The quantitative estimate of drug-likeness (QED) is 0.284. The van der Waals surface area contributed by atoms with E-state index in [1.54, 1.807) is 20.1 Å². The molecular weight excluding hydrogens is 353 g/mol. The Morgan fingerprint density at radius 2 is 1.78 bits per heavy atom. The summed E-state index contributed by atoms with van der Waals surface area (Å²) in [6, 6.07) is 13.7. The Kier molecular flexibility index (Phi) is 5.03. The van der Waals surface area contributed by atoms with Crippen LogP contribution in [0, 0.1) is 15.9 Å². The molecule has 3 aromatic rings. The maximum absolute atomic E-state index is 13.4. The molecule has 138 valence electrons. The summed E-state index contributed by atoms with van der Waals surface area (Å²) in [6.45, 7) is 1.62. The molecule has 0 amide bonds. The summed E-state index contributed by atoms with van der Waals surface area (Å²) in [6.07, 6.45) is 0. The van der Waals surface area contributed by atoms with Crippen molar-refractivity contribution in [2.75, 3.05) is 7.11 Å². The molecule has 0 heterocycles. The Labute approximate surface area is 154 Å². The van der Waals surface area contributed by atoms with E-state index in [-0.39, 0.29) is 0 Å². The highest BCUT2D eigenvalue weighted by Gasteiger charge is 2.23. The van der Waals surface area contributed by atoms with Crippen molar-refractivity contribution in [3.8, 4) is 11.5 Å². The summed E-state index contributed by atoms with van der Waals surface area (Å²) >= 11 is 0. The van der Waals surface area contributed by atoms with Crippen molar-refractivity contribution in [2.24, 2.45) is 0 Å². The van der Waals surface area contributed by atoms with Gasteiger partial charge in [0.25, 0.3) is 0 Å². The van der Waals surface area contributed by atoms with Crippen LogP contribution in [0.15, 0.2) is 54.6 Å². The van der Waals surface area contributed by atoms with Gasteiger partial charge in [-0.1, -0.05) is 24.3 Å². The van der Waals surface area contributed by atoms with Crippen LogP contribution in [0.1, 0.15) is 18.4 Å². The molecule has 3 rings (SSSR count). The van der Waals surface area contributed by atoms with Gasteiger partial charge < -0.3 is 9.47 Å². The highest BCUT2D eigenvalue weighted by Crippen LogP contribution is 2.30. The average molecular weight is 369 g/mol. The number of hydrogen-bond donors (Lipinski definition) is 0. The van der Waals surface area contributed by atoms with Crippen molar-refractivity contribution >= 4 is 22.4 Å². The lowest BCUT2D eigenvalue weighted by Crippen LogP contribution is -2.17. The van der Waals surface area contributed by atoms with Gasteiger partial charge in [-0.15, -0.1) is 0 Å². The molecule has 0 bridgehead atoms. The standard InChI is InChI=1S/C20H16FNO5/c1-12(13-3-4-15-10-17(26-2)7-5-14(15)9-13)20(23)27-19-11-16(21)6-8-18(19)22(24)25/h3-12H,1-2H3. The second-order valence-electron chi connectivity index (χ2n) is 5.98. The molecule has 0 aliphatic rings. The lowest BCUT2D eigenvalue weighted by Gasteiger charge is -2.13. The van der Waals surface area contributed by atoms with Crippen molar-refractivity contribution in [1.29, 1.82) is 0 Å². The highest BCUT2D eigenvalue weighted by atomic mass is 19.1. The van der Waals surface area contributed by atoms with Crippen LogP contribution in [-0.4, -0.2) is 18.0 Å². The molecule has 0 aliphatic heterocycles. The van der Waals surface area contributed by atoms with Gasteiger partial charge >= 0.3 is 11.7 Å². The van der Waals surface area contributed by atoms with Gasteiger partial charge in [0, 0.05) is 12.1 Å². The molecule has 0 radical (unpaired) electrons. The van der Waals surface area contributed by atoms with Crippen molar-refractivity contribution in [2.45, 2.75) is 12.8 Å². The molecule has 27 heavy (non-hydrogen) atoms. The Balaban J connectivity index is 1.86. The minimum Gasteiger partial charge on any atom is -0.497 e. The first-order valence-corrected chi connectivity index (χ1v) is 8.12. The van der Waals surface area contributed by atoms with Crippen LogP contribution in [-0.2, 0) is 4.79 Å². The summed E-state index contributed by atoms with van der Waals surface area (Å²) in [4.78, 5) is 22.8. The summed E-state index contributed by atoms with van der Waals surface area (Å²) in [7, 11) is 1.58. The molecule has 0 aromatic heterocycles. The summed E-state index contributed by atoms with van der Waals surface area (Å²) < 4.78 is 23.7. The number of benzene rings is 3. The van der Waals surface area contributed by atoms with Gasteiger partial charge in [-0.3, -0.25) is 14.9 Å². The number of rotatable bonds is 5. The van der Waals surface area contributed by atoms with E-state index in [9.17, 15) is 19.3 Å². The Morgan fingerprint density at radius 3 is 2.48 bits per heavy atom. The van der Waals surface area contributed by atoms with Crippen LogP contribution in [0.25, 0.3) is 10.8 Å². The molecule has 0 saturated carbocycles. The number of nitro benzene ring substituents is 1. The Hall–Kier alpha value is -3.48. The zero-order valence-electron chi connectivity index (χ0n) is 14.6. The number of halogens is 1. The number of hydrogen-bond acceptors (Lipinski definition) is 5. The van der Waals surface area contributed by atoms with Gasteiger partial charge in [0.1, 0.15) is 11.6 Å². The van der Waals surface area contributed by atoms with Gasteiger partial charge in [0.05, 0.1) is 18.0 Å². The number of carbonyl (C=O) groups excluding carboxylic acids is 1. The van der Waals surface area contributed by atoms with E-state index >= 15 is 0 Å². The molecule has 0 spiro atoms. The van der Waals surface area contributed by atoms with E-state index in [2.05, 4.69) is 0 Å². The molecule has 0 fully saturated rings. The van der Waals surface area contributed by atoms with E-state index in [4.69, 9.17) is 9.47 Å². The molecular formula is C20H16FNO5. The van der Waals surface area contributed by atoms with Crippen molar-refractivity contribution in [3.63, 3.8) is 0 Å². The molecule has 3 aromatic carbocycles. The number of nitro groups is 1. The fourth-order valence-corrected chi connectivity index (χ4v) is 2.69. The van der Waals surface area contributed by atoms with Gasteiger partial charge in [-0.2, -0.15) is 0 Å². The molecule has 6 nitrogen and oxygen atoms in total. The first kappa shape index (κ1) is 18.3. The summed E-state index contributed by atoms with van der Waals surface area (Å²) in [5.41, 5.74) is 0.208. The lowest BCUT2D eigenvalue weighted by molar-refractivity contribution is -0.385. The van der Waals surface area contributed by atoms with E-state index in [0.717, 1.165) is 34.7 Å². The van der Waals surface area contributed by atoms with Crippen molar-refractivity contribution < 1.29 is 23.6 Å². The number of nitrogens with zero attached hydrogens (tertiary/aromatic N) is 1. The van der Waals surface area contributed by atoms with E-state index in [0.29, 0.717) is 5.56 Å². The zero-order valence-corrected chi connectivity index (χ0v) is 14.6. The van der Waals surface area contributed by atoms with Crippen LogP contribution in [0.2, 0.25) is 0 Å². The molecule has 7 heteroatoms. The van der Waals surface area contributed by atoms with Gasteiger partial charge in [-0.05, 0) is 41.5 Å². The van der Waals surface area contributed by atoms with E-state index < -0.39 is 34.1 Å². The largest absolute Gasteiger partial charge is 0.497 e. The smallest absolute Gasteiger partial charge is 0.318 e. The lowest BCUT2D eigenvalue weighted by atomic mass is 9.98. The second kappa shape index (κ2) is 7.41. The normalized spacial score (nSPS) is 11.8. The third-order valence-electron chi connectivity index (χ3n) is 4.25. The van der Waals surface area contributed by atoms with Crippen LogP contribution >= 0.6 is 0 Å². The van der Waals surface area contributed by atoms with Gasteiger partial charge in [-0.25, -0.2) is 4.39 Å². The molecule has 1 unspecified atom stereocenters. The Morgan fingerprint density at radius 1 is 1.07 bits per heavy atom. The van der Waals surface area contributed by atoms with Crippen molar-refractivity contribution in [1.82, 2.24) is 0 Å². The van der Waals surface area contributed by atoms with E-state index in [1.165, 1.54) is 0 Å². The predicted octanol–water partition coefficient (Wildman–Crippen LogP) is 4.60. The number of fused-ring (bicyclic) bond motifs is 1. The molecule has 0 N–H and O–H groups in total. The SMILES string of the molecule is COc1ccc2cc(C(C)C(=O)Oc3cc(F)ccc3[N+](=O)[O-])ccc2c1. The van der Waals surface area contributed by atoms with Gasteiger partial charge in [0.15, 0.2) is 0 Å². The maximum Gasteiger partial charge on any atom is 0.318 e. The summed E-state index contributed by atoms with van der Waals surface area (Å²) in [5, 5.41) is 12.9. The minimum atomic E-state index is -0.726. The Bertz CT molecular complexity index is 1030. The third-order valence-corrected chi connectivity index (χ3v) is 4.25. The molecule has 0 saturated heterocycles. The number of carbonyl (C=O) groups is 1. The van der Waals surface area contributed by atoms with Crippen molar-refractivity contribution in [3.05, 3.63) is 76.1 Å². The topological polar surface area (TPSA) is 78.7 Å². The number of ether oxygens (including phenoxy) is 2. The summed E-state index contributed by atoms with van der Waals surface area (Å²) in [5.74, 6) is -1.82. The van der Waals surface area contributed by atoms with Crippen LogP contribution in [0.3, 0.4) is 0 Å². The minimum absolute atomic E-state index is 0.414. The third kappa shape index (κ3) is 3.87. The first-order valence-electron chi connectivity index (χ1n) is 8.12. The fourth-order valence-electron chi connectivity index (χ4n) is 2.69. The van der Waals surface area contributed by atoms with Crippen LogP contribution in [0.4, 0.5) is 10.1 Å². The van der Waals surface area contributed by atoms with Crippen LogP contribution in [0.5, 0.6) is 11.5 Å². The average Bonchev–Trinajstić information content (AvgIpc) is 2.66. The number of methoxy groups -OCH3 is 1. The highest BCUT2D eigenvalue weighted by molar-refractivity contribution is 5.87. The molecule has 0 aliphatic carbocycles. The van der Waals surface area contributed by atoms with Gasteiger partial charge in [0.2, 0.25) is 5.75 Å². The maximum atomic E-state index is 13.4.